The molecule has 2 aromatic rings. The van der Waals surface area contributed by atoms with Gasteiger partial charge in [-0.2, -0.15) is 0 Å². The number of aryl methyl sites for hydroxylation is 2. The van der Waals surface area contributed by atoms with E-state index in [0.29, 0.717) is 10.0 Å². The molecule has 88 valence electrons. The number of halogens is 2. The Hall–Kier alpha value is -1.32. The predicted molar refractivity (Wildman–Crippen MR) is 71.3 cm³/mol. The monoisotopic (exact) mass is 267 g/mol. The number of nitrogens with one attached hydrogen (secondary N) is 1. The van der Waals surface area contributed by atoms with Crippen molar-refractivity contribution in [2.45, 2.75) is 13.8 Å². The van der Waals surface area contributed by atoms with Crippen LogP contribution in [-0.4, -0.2) is 9.97 Å². The van der Waals surface area contributed by atoms with Crippen LogP contribution < -0.4 is 5.32 Å². The predicted octanol–water partition coefficient (Wildman–Crippen LogP) is 4.14. The molecular formula is C12H11Cl2N3. The fourth-order valence-corrected chi connectivity index (χ4v) is 1.67. The Bertz CT molecular complexity index is 555. The van der Waals surface area contributed by atoms with Crippen LogP contribution in [0.4, 0.5) is 11.5 Å². The molecule has 1 heterocycles. The summed E-state index contributed by atoms with van der Waals surface area (Å²) in [5.41, 5.74) is 1.82. The number of benzene rings is 1. The number of aromatic nitrogens is 2. The molecule has 1 N–H and O–H groups in total. The van der Waals surface area contributed by atoms with E-state index in [9.17, 15) is 0 Å². The van der Waals surface area contributed by atoms with Gasteiger partial charge in [0, 0.05) is 17.4 Å². The summed E-state index contributed by atoms with van der Waals surface area (Å²) in [5.74, 6) is 1.49. The molecule has 0 aliphatic carbocycles. The second-order valence-corrected chi connectivity index (χ2v) is 4.52. The normalized spacial score (nSPS) is 10.4. The highest BCUT2D eigenvalue weighted by molar-refractivity contribution is 6.42. The van der Waals surface area contributed by atoms with Gasteiger partial charge in [-0.3, -0.25) is 0 Å². The van der Waals surface area contributed by atoms with Crippen LogP contribution in [0, 0.1) is 13.8 Å². The maximum Gasteiger partial charge on any atom is 0.136 e. The molecule has 0 radical (unpaired) electrons. The molecule has 0 atom stereocenters. The van der Waals surface area contributed by atoms with Gasteiger partial charge in [0.2, 0.25) is 0 Å². The Labute approximate surface area is 110 Å². The van der Waals surface area contributed by atoms with Crippen LogP contribution in [0.3, 0.4) is 0 Å². The third-order valence-electron chi connectivity index (χ3n) is 2.27. The molecule has 1 aromatic carbocycles. The van der Waals surface area contributed by atoms with E-state index in [1.54, 1.807) is 18.3 Å². The highest BCUT2D eigenvalue weighted by Gasteiger charge is 2.04. The molecule has 5 heteroatoms. The Morgan fingerprint density at radius 2 is 1.88 bits per heavy atom. The van der Waals surface area contributed by atoms with Crippen molar-refractivity contribution in [3.63, 3.8) is 0 Å². The zero-order valence-corrected chi connectivity index (χ0v) is 11.0. The number of hydrogen-bond donors (Lipinski definition) is 1. The van der Waals surface area contributed by atoms with Crippen LogP contribution in [0.5, 0.6) is 0 Å². The first-order valence-electron chi connectivity index (χ1n) is 5.08. The van der Waals surface area contributed by atoms with Gasteiger partial charge in [0.15, 0.2) is 0 Å². The molecule has 17 heavy (non-hydrogen) atoms. The van der Waals surface area contributed by atoms with Gasteiger partial charge in [-0.25, -0.2) is 9.97 Å². The minimum absolute atomic E-state index is 0.514. The fraction of sp³-hybridized carbons (Fsp3) is 0.167. The first-order chi connectivity index (χ1) is 8.06. The largest absolute Gasteiger partial charge is 0.340 e. The molecule has 0 spiro atoms. The lowest BCUT2D eigenvalue weighted by Crippen LogP contribution is -1.99. The molecule has 0 amide bonds. The lowest BCUT2D eigenvalue weighted by atomic mass is 10.3. The van der Waals surface area contributed by atoms with Crippen LogP contribution in [0.2, 0.25) is 10.0 Å². The average Bonchev–Trinajstić information content (AvgIpc) is 2.29. The number of rotatable bonds is 2. The van der Waals surface area contributed by atoms with Crippen LogP contribution in [0.25, 0.3) is 0 Å². The van der Waals surface area contributed by atoms with Crippen molar-refractivity contribution in [2.24, 2.45) is 0 Å². The molecule has 3 nitrogen and oxygen atoms in total. The summed E-state index contributed by atoms with van der Waals surface area (Å²) in [6, 6.07) is 5.36. The van der Waals surface area contributed by atoms with Gasteiger partial charge >= 0.3 is 0 Å². The summed E-state index contributed by atoms with van der Waals surface area (Å²) in [6.45, 7) is 3.79. The number of nitrogens with zero attached hydrogens (tertiary/aromatic N) is 2. The van der Waals surface area contributed by atoms with Gasteiger partial charge in [-0.1, -0.05) is 23.2 Å². The summed E-state index contributed by atoms with van der Waals surface area (Å²) in [6.07, 6.45) is 1.78. The summed E-state index contributed by atoms with van der Waals surface area (Å²) in [5, 5.41) is 4.24. The molecule has 1 aromatic heterocycles. The van der Waals surface area contributed by atoms with E-state index in [2.05, 4.69) is 15.3 Å². The van der Waals surface area contributed by atoms with E-state index in [-0.39, 0.29) is 0 Å². The summed E-state index contributed by atoms with van der Waals surface area (Å²) in [4.78, 5) is 8.44. The zero-order valence-electron chi connectivity index (χ0n) is 9.46. The summed E-state index contributed by atoms with van der Waals surface area (Å²) >= 11 is 11.8. The quantitative estimate of drug-likeness (QED) is 0.889. The smallest absolute Gasteiger partial charge is 0.136 e. The van der Waals surface area contributed by atoms with Crippen LogP contribution in [-0.2, 0) is 0 Å². The fourth-order valence-electron chi connectivity index (χ4n) is 1.37. The summed E-state index contributed by atoms with van der Waals surface area (Å²) < 4.78 is 0. The molecule has 0 bridgehead atoms. The minimum atomic E-state index is 0.514. The van der Waals surface area contributed by atoms with E-state index in [0.717, 1.165) is 22.9 Å². The van der Waals surface area contributed by atoms with E-state index < -0.39 is 0 Å². The average molecular weight is 268 g/mol. The minimum Gasteiger partial charge on any atom is -0.340 e. The van der Waals surface area contributed by atoms with Gasteiger partial charge < -0.3 is 5.32 Å². The Morgan fingerprint density at radius 1 is 1.12 bits per heavy atom. The lowest BCUT2D eigenvalue weighted by Gasteiger charge is -2.09. The molecule has 0 saturated heterocycles. The number of anilines is 2. The van der Waals surface area contributed by atoms with Crippen LogP contribution >= 0.6 is 23.2 Å². The maximum atomic E-state index is 5.95. The second-order valence-electron chi connectivity index (χ2n) is 3.70. The van der Waals surface area contributed by atoms with Crippen molar-refractivity contribution in [3.05, 3.63) is 45.8 Å². The molecule has 0 unspecified atom stereocenters. The van der Waals surface area contributed by atoms with E-state index >= 15 is 0 Å². The summed E-state index contributed by atoms with van der Waals surface area (Å²) in [7, 11) is 0. The highest BCUT2D eigenvalue weighted by atomic mass is 35.5. The van der Waals surface area contributed by atoms with Gasteiger partial charge in [-0.05, 0) is 32.0 Å². The van der Waals surface area contributed by atoms with Crippen molar-refractivity contribution < 1.29 is 0 Å². The van der Waals surface area contributed by atoms with Crippen molar-refractivity contribution in [3.8, 4) is 0 Å². The van der Waals surface area contributed by atoms with E-state index in [4.69, 9.17) is 23.2 Å². The van der Waals surface area contributed by atoms with E-state index in [1.807, 2.05) is 19.9 Å². The van der Waals surface area contributed by atoms with Gasteiger partial charge in [0.05, 0.1) is 10.0 Å². The first kappa shape index (κ1) is 12.1. The van der Waals surface area contributed by atoms with Gasteiger partial charge in [-0.15, -0.1) is 0 Å². The Kier molecular flexibility index (Phi) is 3.50. The third-order valence-corrected chi connectivity index (χ3v) is 3.01. The van der Waals surface area contributed by atoms with Gasteiger partial charge in [0.1, 0.15) is 11.6 Å². The van der Waals surface area contributed by atoms with Crippen molar-refractivity contribution in [1.29, 1.82) is 0 Å². The Balaban J connectivity index is 2.31. The van der Waals surface area contributed by atoms with E-state index in [1.165, 1.54) is 0 Å². The lowest BCUT2D eigenvalue weighted by molar-refractivity contribution is 1.04. The molecule has 0 aliphatic heterocycles. The second kappa shape index (κ2) is 4.90. The SMILES string of the molecule is Cc1ncc(C)c(Nc2ccc(Cl)c(Cl)c2)n1. The molecule has 0 saturated carbocycles. The molecular weight excluding hydrogens is 257 g/mol. The van der Waals surface area contributed by atoms with Gasteiger partial charge in [0.25, 0.3) is 0 Å². The molecule has 2 rings (SSSR count). The highest BCUT2D eigenvalue weighted by Crippen LogP contribution is 2.27. The first-order valence-corrected chi connectivity index (χ1v) is 5.84. The van der Waals surface area contributed by atoms with Crippen molar-refractivity contribution in [2.75, 3.05) is 5.32 Å². The zero-order chi connectivity index (χ0) is 12.4. The maximum absolute atomic E-state index is 5.95. The van der Waals surface area contributed by atoms with Crippen LogP contribution in [0.1, 0.15) is 11.4 Å². The molecule has 0 fully saturated rings. The number of hydrogen-bond acceptors (Lipinski definition) is 3. The van der Waals surface area contributed by atoms with Crippen molar-refractivity contribution >= 4 is 34.7 Å². The van der Waals surface area contributed by atoms with Crippen LogP contribution in [0.15, 0.2) is 24.4 Å². The molecule has 0 aliphatic rings. The Morgan fingerprint density at radius 3 is 2.59 bits per heavy atom. The standard InChI is InChI=1S/C12H11Cl2N3/c1-7-6-15-8(2)16-12(7)17-9-3-4-10(13)11(14)5-9/h3-6H,1-2H3,(H,15,16,17). The third kappa shape index (κ3) is 2.87. The van der Waals surface area contributed by atoms with Crippen molar-refractivity contribution in [1.82, 2.24) is 9.97 Å². The topological polar surface area (TPSA) is 37.8 Å².